The van der Waals surface area contributed by atoms with E-state index in [2.05, 4.69) is 15.6 Å². The minimum Gasteiger partial charge on any atom is -0.395 e. The van der Waals surface area contributed by atoms with Gasteiger partial charge in [0.05, 0.1) is 31.6 Å². The van der Waals surface area contributed by atoms with E-state index in [1.807, 2.05) is 11.8 Å². The molecule has 1 aromatic heterocycles. The van der Waals surface area contributed by atoms with Crippen molar-refractivity contribution in [3.05, 3.63) is 65.9 Å². The van der Waals surface area contributed by atoms with Gasteiger partial charge in [0.25, 0.3) is 0 Å². The Morgan fingerprint density at radius 1 is 1.15 bits per heavy atom. The summed E-state index contributed by atoms with van der Waals surface area (Å²) >= 11 is 0. The van der Waals surface area contributed by atoms with Gasteiger partial charge in [0.15, 0.2) is 15.7 Å². The predicted octanol–water partition coefficient (Wildman–Crippen LogP) is 3.22. The van der Waals surface area contributed by atoms with E-state index in [4.69, 9.17) is 14.8 Å². The molecule has 0 unspecified atom stereocenters. The third-order valence-corrected chi connectivity index (χ3v) is 9.58. The van der Waals surface area contributed by atoms with Crippen LogP contribution in [0.25, 0.3) is 11.4 Å². The van der Waals surface area contributed by atoms with Crippen LogP contribution in [-0.2, 0) is 19.3 Å². The zero-order chi connectivity index (χ0) is 28.5. The van der Waals surface area contributed by atoms with E-state index in [0.29, 0.717) is 42.9 Å². The molecule has 13 heteroatoms. The maximum atomic E-state index is 14.7. The lowest BCUT2D eigenvalue weighted by Gasteiger charge is -2.34. The smallest absolute Gasteiger partial charge is 0.319 e. The van der Waals surface area contributed by atoms with Crippen LogP contribution >= 0.6 is 0 Å². The molecule has 2 fully saturated rings. The van der Waals surface area contributed by atoms with Crippen molar-refractivity contribution in [2.45, 2.75) is 35.4 Å². The van der Waals surface area contributed by atoms with Crippen molar-refractivity contribution in [2.75, 3.05) is 43.1 Å². The summed E-state index contributed by atoms with van der Waals surface area (Å²) in [6.07, 6.45) is 0.400. The van der Waals surface area contributed by atoms with Gasteiger partial charge in [0.1, 0.15) is 27.1 Å². The fourth-order valence-corrected chi connectivity index (χ4v) is 6.76. The fraction of sp³-hybridized carbons (Fsp3) is 0.370. The molecule has 2 amide bonds. The lowest BCUT2D eigenvalue weighted by atomic mass is 10.1. The molecular weight excluding hydrogens is 544 g/mol. The fourth-order valence-electron chi connectivity index (χ4n) is 4.73. The number of urea groups is 1. The first-order chi connectivity index (χ1) is 19.1. The maximum absolute atomic E-state index is 14.7. The summed E-state index contributed by atoms with van der Waals surface area (Å²) in [5, 5.41) is 14.0. The number of carbonyl (C=O) groups is 1. The molecule has 1 saturated heterocycles. The zero-order valence-electron chi connectivity index (χ0n) is 21.7. The van der Waals surface area contributed by atoms with Gasteiger partial charge in [-0.15, -0.1) is 0 Å². The van der Waals surface area contributed by atoms with Crippen LogP contribution < -0.4 is 15.5 Å². The Hall–Kier alpha value is -3.68. The number of carbonyl (C=O) groups excluding carboxylic acids is 1. The van der Waals surface area contributed by atoms with Crippen LogP contribution in [-0.4, -0.2) is 68.5 Å². The Balaban J connectivity index is 1.56. The molecule has 0 spiro atoms. The van der Waals surface area contributed by atoms with E-state index < -0.39 is 37.1 Å². The first kappa shape index (κ1) is 27.9. The van der Waals surface area contributed by atoms with Crippen molar-refractivity contribution < 1.29 is 31.8 Å². The quantitative estimate of drug-likeness (QED) is 0.374. The minimum atomic E-state index is -4.34. The summed E-state index contributed by atoms with van der Waals surface area (Å²) < 4.78 is 60.2. The number of aliphatic hydroxyl groups excluding tert-OH is 1. The van der Waals surface area contributed by atoms with Crippen molar-refractivity contribution >= 4 is 27.4 Å². The number of hydrogen-bond donors (Lipinski definition) is 3. The molecule has 10 nitrogen and oxygen atoms in total. The van der Waals surface area contributed by atoms with Gasteiger partial charge in [-0.2, -0.15) is 0 Å². The molecule has 212 valence electrons. The minimum absolute atomic E-state index is 0.0409. The van der Waals surface area contributed by atoms with Gasteiger partial charge >= 0.3 is 6.03 Å². The maximum Gasteiger partial charge on any atom is 0.319 e. The molecule has 0 radical (unpaired) electrons. The molecule has 2 aliphatic rings. The van der Waals surface area contributed by atoms with Crippen LogP contribution in [0.2, 0.25) is 0 Å². The summed E-state index contributed by atoms with van der Waals surface area (Å²) in [7, 11) is -4.34. The summed E-state index contributed by atoms with van der Waals surface area (Å²) in [4.78, 5) is 22.6. The Bertz CT molecular complexity index is 1520. The molecular formula is C27H29F2N5O5S. The number of ether oxygens (including phenoxy) is 1. The normalized spacial score (nSPS) is 18.3. The number of nitrogens with zero attached hydrogens (tertiary/aromatic N) is 3. The van der Waals surface area contributed by atoms with Crippen LogP contribution in [0.15, 0.2) is 53.4 Å². The zero-order valence-corrected chi connectivity index (χ0v) is 22.5. The highest BCUT2D eigenvalue weighted by atomic mass is 32.2. The Labute approximate surface area is 230 Å². The highest BCUT2D eigenvalue weighted by Crippen LogP contribution is 2.55. The predicted molar refractivity (Wildman–Crippen MR) is 144 cm³/mol. The van der Waals surface area contributed by atoms with Crippen LogP contribution in [0, 0.1) is 11.6 Å². The summed E-state index contributed by atoms with van der Waals surface area (Å²) in [5.74, 6) is -1.11. The van der Waals surface area contributed by atoms with Crippen molar-refractivity contribution in [3.63, 3.8) is 0 Å². The van der Waals surface area contributed by atoms with Crippen LogP contribution in [0.1, 0.15) is 25.5 Å². The van der Waals surface area contributed by atoms with Gasteiger partial charge in [-0.1, -0.05) is 0 Å². The van der Waals surface area contributed by atoms with E-state index in [0.717, 1.165) is 12.1 Å². The Morgan fingerprint density at radius 2 is 1.90 bits per heavy atom. The number of hydrogen-bond acceptors (Lipinski definition) is 8. The second-order valence-electron chi connectivity index (χ2n) is 9.81. The lowest BCUT2D eigenvalue weighted by Crippen LogP contribution is -2.44. The molecule has 1 aliphatic heterocycles. The molecule has 1 atom stereocenters. The second-order valence-corrected chi connectivity index (χ2v) is 12.0. The highest BCUT2D eigenvalue weighted by molar-refractivity contribution is 7.92. The number of nitrogens with one attached hydrogen (secondary N) is 2. The largest absolute Gasteiger partial charge is 0.395 e. The van der Waals surface area contributed by atoms with Gasteiger partial charge < -0.3 is 25.4 Å². The first-order valence-electron chi connectivity index (χ1n) is 12.8. The Kier molecular flexibility index (Phi) is 7.71. The van der Waals surface area contributed by atoms with Crippen LogP contribution in [0.3, 0.4) is 0 Å². The molecule has 5 rings (SSSR count). The molecule has 3 N–H and O–H groups in total. The molecule has 0 bridgehead atoms. The van der Waals surface area contributed by atoms with E-state index in [-0.39, 0.29) is 43.6 Å². The molecule has 1 aliphatic carbocycles. The van der Waals surface area contributed by atoms with Crippen LogP contribution in [0.5, 0.6) is 0 Å². The Morgan fingerprint density at radius 3 is 2.58 bits per heavy atom. The lowest BCUT2D eigenvalue weighted by molar-refractivity contribution is 0.0985. The van der Waals surface area contributed by atoms with Crippen molar-refractivity contribution in [1.29, 1.82) is 0 Å². The first-order valence-corrected chi connectivity index (χ1v) is 14.3. The molecule has 3 aromatic rings. The number of rotatable bonds is 8. The van der Waals surface area contributed by atoms with Gasteiger partial charge in [-0.05, 0) is 62.2 Å². The number of aliphatic hydroxyl groups is 1. The molecule has 2 heterocycles. The summed E-state index contributed by atoms with van der Waals surface area (Å²) in [5.41, 5.74) is 1.26. The average molecular weight is 574 g/mol. The number of morpholine rings is 1. The average Bonchev–Trinajstić information content (AvgIpc) is 3.77. The topological polar surface area (TPSA) is 134 Å². The van der Waals surface area contributed by atoms with Crippen LogP contribution in [0.4, 0.5) is 25.1 Å². The highest BCUT2D eigenvalue weighted by Gasteiger charge is 2.58. The number of anilines is 2. The number of aromatic nitrogens is 2. The number of sulfone groups is 1. The van der Waals surface area contributed by atoms with Crippen molar-refractivity contribution in [1.82, 2.24) is 15.3 Å². The van der Waals surface area contributed by atoms with Gasteiger partial charge in [0.2, 0.25) is 0 Å². The van der Waals surface area contributed by atoms with Crippen molar-refractivity contribution in [3.8, 4) is 11.4 Å². The van der Waals surface area contributed by atoms with E-state index >= 15 is 0 Å². The molecule has 1 saturated carbocycles. The van der Waals surface area contributed by atoms with Gasteiger partial charge in [-0.3, -0.25) is 0 Å². The van der Waals surface area contributed by atoms with E-state index in [9.17, 15) is 22.0 Å². The van der Waals surface area contributed by atoms with Crippen molar-refractivity contribution in [2.24, 2.45) is 0 Å². The van der Waals surface area contributed by atoms with E-state index in [1.165, 1.54) is 0 Å². The SMILES string of the molecule is C[C@H]1COCCN1c1cc(C2(S(=O)(=O)c3cc(F)ccc3F)CC2)nc(-c2ccc(NC(=O)NCCO)cc2)n1. The number of amides is 2. The number of halogens is 2. The monoisotopic (exact) mass is 573 g/mol. The molecule has 40 heavy (non-hydrogen) atoms. The summed E-state index contributed by atoms with van der Waals surface area (Å²) in [6.45, 7) is 3.35. The van der Waals surface area contributed by atoms with Gasteiger partial charge in [0, 0.05) is 30.4 Å². The van der Waals surface area contributed by atoms with Gasteiger partial charge in [-0.25, -0.2) is 32.0 Å². The molecule has 2 aromatic carbocycles. The number of benzene rings is 2. The second kappa shape index (κ2) is 11.1. The third-order valence-electron chi connectivity index (χ3n) is 7.04. The third kappa shape index (κ3) is 5.36. The standard InChI is InChI=1S/C27H29F2N5O5S/c1-17-16-39-13-11-34(17)24-15-23(27(8-9-27)40(37,38)22-14-19(28)4-7-21(22)29)32-25(33-24)18-2-5-20(6-3-18)31-26(36)30-10-12-35/h2-7,14-15,17,35H,8-13,16H2,1H3,(H2,30,31,36)/t17-/m0/s1. The van der Waals surface area contributed by atoms with E-state index in [1.54, 1.807) is 30.3 Å². The summed E-state index contributed by atoms with van der Waals surface area (Å²) in [6, 6.07) is 10.2.